The van der Waals surface area contributed by atoms with Crippen LogP contribution in [0.25, 0.3) is 11.4 Å². The Balaban J connectivity index is 1.87. The Kier molecular flexibility index (Phi) is 3.09. The second-order valence-electron chi connectivity index (χ2n) is 4.74. The lowest BCUT2D eigenvalue weighted by molar-refractivity contribution is 0.0783. The van der Waals surface area contributed by atoms with E-state index in [0.29, 0.717) is 29.9 Å². The van der Waals surface area contributed by atoms with E-state index in [1.807, 2.05) is 0 Å². The summed E-state index contributed by atoms with van der Waals surface area (Å²) < 4.78 is 13.1. The topological polar surface area (TPSA) is 81.8 Å². The molecule has 0 spiro atoms. The van der Waals surface area contributed by atoms with E-state index in [9.17, 15) is 14.0 Å². The van der Waals surface area contributed by atoms with Crippen LogP contribution in [0.2, 0.25) is 0 Å². The summed E-state index contributed by atoms with van der Waals surface area (Å²) in [7, 11) is 0. The molecule has 104 valence electrons. The van der Waals surface area contributed by atoms with Gasteiger partial charge in [-0.25, -0.2) is 14.3 Å². The van der Waals surface area contributed by atoms with E-state index in [1.54, 1.807) is 24.3 Å². The second-order valence-corrected chi connectivity index (χ2v) is 4.74. The van der Waals surface area contributed by atoms with Crippen molar-refractivity contribution in [3.05, 3.63) is 40.3 Å². The van der Waals surface area contributed by atoms with Crippen LogP contribution in [0.15, 0.2) is 29.1 Å². The molecule has 0 radical (unpaired) electrons. The highest BCUT2D eigenvalue weighted by atomic mass is 19.1. The number of nitrogens with zero attached hydrogens (tertiary/aromatic N) is 2. The number of aromatic amines is 2. The van der Waals surface area contributed by atoms with Gasteiger partial charge in [-0.2, -0.15) is 5.10 Å². The van der Waals surface area contributed by atoms with Crippen molar-refractivity contribution < 1.29 is 9.18 Å². The predicted octanol–water partition coefficient (Wildman–Crippen LogP) is 0.949. The molecule has 1 aromatic heterocycles. The first-order chi connectivity index (χ1) is 9.63. The molecule has 2 aromatic rings. The fourth-order valence-corrected chi connectivity index (χ4v) is 2.29. The van der Waals surface area contributed by atoms with Gasteiger partial charge in [0.25, 0.3) is 5.91 Å². The lowest BCUT2D eigenvalue weighted by Gasteiger charge is -2.15. The monoisotopic (exact) mass is 276 g/mol. The number of benzene rings is 1. The molecule has 0 aliphatic carbocycles. The van der Waals surface area contributed by atoms with Crippen molar-refractivity contribution in [1.82, 2.24) is 20.1 Å². The Hall–Kier alpha value is -2.44. The number of hydrogen-bond donors (Lipinski definition) is 2. The zero-order valence-electron chi connectivity index (χ0n) is 10.6. The average Bonchev–Trinajstić information content (AvgIpc) is 3.07. The summed E-state index contributed by atoms with van der Waals surface area (Å²) in [6.45, 7) is 0.575. The molecule has 1 aliphatic rings. The molecule has 2 heterocycles. The molecule has 0 bridgehead atoms. The van der Waals surface area contributed by atoms with E-state index < -0.39 is 11.9 Å². The first kappa shape index (κ1) is 12.6. The van der Waals surface area contributed by atoms with Gasteiger partial charge in [-0.3, -0.25) is 9.78 Å². The van der Waals surface area contributed by atoms with Gasteiger partial charge in [-0.05, 0) is 18.6 Å². The Morgan fingerprint density at radius 2 is 2.30 bits per heavy atom. The predicted molar refractivity (Wildman–Crippen MR) is 70.1 cm³/mol. The molecule has 6 nitrogen and oxygen atoms in total. The van der Waals surface area contributed by atoms with E-state index >= 15 is 0 Å². The van der Waals surface area contributed by atoms with Gasteiger partial charge in [0, 0.05) is 17.7 Å². The molecule has 1 amide bonds. The summed E-state index contributed by atoms with van der Waals surface area (Å²) in [6.07, 6.45) is -0.553. The van der Waals surface area contributed by atoms with Crippen LogP contribution in [0.1, 0.15) is 16.8 Å². The number of carbonyl (C=O) groups is 1. The van der Waals surface area contributed by atoms with E-state index in [-0.39, 0.29) is 12.5 Å². The first-order valence-corrected chi connectivity index (χ1v) is 6.32. The van der Waals surface area contributed by atoms with E-state index in [4.69, 9.17) is 0 Å². The van der Waals surface area contributed by atoms with Gasteiger partial charge in [0.15, 0.2) is 5.82 Å². The maximum Gasteiger partial charge on any atom is 0.340 e. The SMILES string of the molecule is O=C(c1cccc(-c2n[nH]c(=O)[nH]2)c1)N1CC[C@@H](F)C1. The first-order valence-electron chi connectivity index (χ1n) is 6.32. The van der Waals surface area contributed by atoms with Crippen LogP contribution in [0.5, 0.6) is 0 Å². The van der Waals surface area contributed by atoms with Gasteiger partial charge in [-0.15, -0.1) is 0 Å². The van der Waals surface area contributed by atoms with Gasteiger partial charge in [0.1, 0.15) is 6.17 Å². The van der Waals surface area contributed by atoms with Crippen molar-refractivity contribution >= 4 is 5.91 Å². The maximum atomic E-state index is 13.1. The van der Waals surface area contributed by atoms with Crippen molar-refractivity contribution in [3.8, 4) is 11.4 Å². The van der Waals surface area contributed by atoms with Crippen molar-refractivity contribution in [2.75, 3.05) is 13.1 Å². The Morgan fingerprint density at radius 1 is 1.45 bits per heavy atom. The molecule has 7 heteroatoms. The van der Waals surface area contributed by atoms with Crippen LogP contribution in [0.3, 0.4) is 0 Å². The van der Waals surface area contributed by atoms with Crippen LogP contribution in [0.4, 0.5) is 4.39 Å². The molecule has 1 atom stereocenters. The quantitative estimate of drug-likeness (QED) is 0.856. The molecule has 1 aliphatic heterocycles. The van der Waals surface area contributed by atoms with Gasteiger partial charge in [0.05, 0.1) is 6.54 Å². The minimum atomic E-state index is -0.940. The summed E-state index contributed by atoms with van der Waals surface area (Å²) in [4.78, 5) is 27.3. The standard InChI is InChI=1S/C13H13FN4O2/c14-10-4-5-18(7-10)12(19)9-3-1-2-8(6-9)11-15-13(20)17-16-11/h1-3,6,10H,4-5,7H2,(H2,15,16,17,20)/t10-/m1/s1. The summed E-state index contributed by atoms with van der Waals surface area (Å²) >= 11 is 0. The van der Waals surface area contributed by atoms with E-state index in [1.165, 1.54) is 4.90 Å². The van der Waals surface area contributed by atoms with Gasteiger partial charge in [-0.1, -0.05) is 12.1 Å². The zero-order chi connectivity index (χ0) is 14.1. The van der Waals surface area contributed by atoms with Crippen LogP contribution < -0.4 is 5.69 Å². The van der Waals surface area contributed by atoms with E-state index in [2.05, 4.69) is 15.2 Å². The molecular formula is C13H13FN4O2. The Labute approximate surface area is 113 Å². The second kappa shape index (κ2) is 4.92. The summed E-state index contributed by atoms with van der Waals surface area (Å²) in [5.74, 6) is 0.166. The fourth-order valence-electron chi connectivity index (χ4n) is 2.29. The Morgan fingerprint density at radius 3 is 2.95 bits per heavy atom. The number of H-pyrrole nitrogens is 2. The maximum absolute atomic E-state index is 13.1. The number of carbonyl (C=O) groups excluding carboxylic acids is 1. The summed E-state index contributed by atoms with van der Waals surface area (Å²) in [5.41, 5.74) is 0.683. The molecule has 0 unspecified atom stereocenters. The van der Waals surface area contributed by atoms with Crippen LogP contribution in [-0.4, -0.2) is 45.2 Å². The number of halogens is 1. The van der Waals surface area contributed by atoms with Gasteiger partial charge >= 0.3 is 5.69 Å². The number of amides is 1. The smallest absolute Gasteiger partial charge is 0.336 e. The highest BCUT2D eigenvalue weighted by molar-refractivity contribution is 5.95. The number of rotatable bonds is 2. The lowest BCUT2D eigenvalue weighted by atomic mass is 10.1. The van der Waals surface area contributed by atoms with Gasteiger partial charge < -0.3 is 4.90 Å². The number of likely N-dealkylation sites (tertiary alicyclic amines) is 1. The van der Waals surface area contributed by atoms with Crippen molar-refractivity contribution in [2.45, 2.75) is 12.6 Å². The highest BCUT2D eigenvalue weighted by Crippen LogP contribution is 2.19. The van der Waals surface area contributed by atoms with Crippen LogP contribution in [0, 0.1) is 0 Å². The van der Waals surface area contributed by atoms with Crippen LogP contribution >= 0.6 is 0 Å². The molecule has 1 aromatic carbocycles. The van der Waals surface area contributed by atoms with Crippen molar-refractivity contribution in [1.29, 1.82) is 0 Å². The van der Waals surface area contributed by atoms with Crippen molar-refractivity contribution in [3.63, 3.8) is 0 Å². The number of nitrogens with one attached hydrogen (secondary N) is 2. The number of alkyl halides is 1. The molecule has 20 heavy (non-hydrogen) atoms. The molecular weight excluding hydrogens is 263 g/mol. The molecule has 1 fully saturated rings. The largest absolute Gasteiger partial charge is 0.340 e. The number of aromatic nitrogens is 3. The Bertz CT molecular complexity index is 693. The molecule has 1 saturated heterocycles. The highest BCUT2D eigenvalue weighted by Gasteiger charge is 2.26. The number of hydrogen-bond acceptors (Lipinski definition) is 3. The van der Waals surface area contributed by atoms with Gasteiger partial charge in [0.2, 0.25) is 0 Å². The van der Waals surface area contributed by atoms with E-state index in [0.717, 1.165) is 0 Å². The summed E-state index contributed by atoms with van der Waals surface area (Å²) in [6, 6.07) is 6.76. The molecule has 0 saturated carbocycles. The fraction of sp³-hybridized carbons (Fsp3) is 0.308. The molecule has 3 rings (SSSR count). The minimum absolute atomic E-state index is 0.141. The zero-order valence-corrected chi connectivity index (χ0v) is 10.6. The average molecular weight is 276 g/mol. The third kappa shape index (κ3) is 2.34. The lowest BCUT2D eigenvalue weighted by Crippen LogP contribution is -2.28. The minimum Gasteiger partial charge on any atom is -0.336 e. The van der Waals surface area contributed by atoms with Crippen molar-refractivity contribution in [2.24, 2.45) is 0 Å². The third-order valence-electron chi connectivity index (χ3n) is 3.30. The normalized spacial score (nSPS) is 18.4. The van der Waals surface area contributed by atoms with Crippen LogP contribution in [-0.2, 0) is 0 Å². The summed E-state index contributed by atoms with van der Waals surface area (Å²) in [5, 5.41) is 6.09. The third-order valence-corrected chi connectivity index (χ3v) is 3.30. The molecule has 2 N–H and O–H groups in total.